The van der Waals surface area contributed by atoms with Crippen molar-refractivity contribution in [2.24, 2.45) is 0 Å². The molecule has 1 atom stereocenters. The Labute approximate surface area is 123 Å². The maximum absolute atomic E-state index is 12.5. The SMILES string of the molecule is O=C(NC1CCC1)[C@@H]1CCCN1c1ccnc2ccnn12. The van der Waals surface area contributed by atoms with Gasteiger partial charge in [-0.15, -0.1) is 0 Å². The van der Waals surface area contributed by atoms with E-state index in [0.29, 0.717) is 6.04 Å². The first-order chi connectivity index (χ1) is 10.3. The molecule has 1 saturated carbocycles. The van der Waals surface area contributed by atoms with E-state index in [1.807, 2.05) is 16.6 Å². The van der Waals surface area contributed by atoms with Crippen molar-refractivity contribution >= 4 is 17.4 Å². The Morgan fingerprint density at radius 1 is 1.19 bits per heavy atom. The summed E-state index contributed by atoms with van der Waals surface area (Å²) in [5.74, 6) is 1.12. The molecule has 1 aliphatic heterocycles. The third kappa shape index (κ3) is 2.14. The number of rotatable bonds is 3. The van der Waals surface area contributed by atoms with Gasteiger partial charge in [0.2, 0.25) is 5.91 Å². The zero-order valence-corrected chi connectivity index (χ0v) is 11.9. The number of nitrogens with zero attached hydrogens (tertiary/aromatic N) is 4. The topological polar surface area (TPSA) is 62.5 Å². The lowest BCUT2D eigenvalue weighted by Gasteiger charge is -2.31. The number of fused-ring (bicyclic) bond motifs is 1. The van der Waals surface area contributed by atoms with Crippen LogP contribution >= 0.6 is 0 Å². The van der Waals surface area contributed by atoms with Gasteiger partial charge >= 0.3 is 0 Å². The van der Waals surface area contributed by atoms with Gasteiger partial charge in [-0.1, -0.05) is 0 Å². The van der Waals surface area contributed by atoms with E-state index in [1.54, 1.807) is 12.4 Å². The van der Waals surface area contributed by atoms with Gasteiger partial charge in [-0.3, -0.25) is 4.79 Å². The van der Waals surface area contributed by atoms with Crippen LogP contribution in [0.5, 0.6) is 0 Å². The van der Waals surface area contributed by atoms with E-state index in [2.05, 4.69) is 20.3 Å². The minimum atomic E-state index is -0.0830. The second-order valence-corrected chi connectivity index (χ2v) is 5.89. The second kappa shape index (κ2) is 5.02. The highest BCUT2D eigenvalue weighted by atomic mass is 16.2. The van der Waals surface area contributed by atoms with Crippen molar-refractivity contribution in [2.45, 2.75) is 44.2 Å². The van der Waals surface area contributed by atoms with Crippen molar-refractivity contribution < 1.29 is 4.79 Å². The van der Waals surface area contributed by atoms with Gasteiger partial charge < -0.3 is 10.2 Å². The zero-order chi connectivity index (χ0) is 14.2. The molecule has 0 spiro atoms. The molecule has 0 unspecified atom stereocenters. The van der Waals surface area contributed by atoms with Crippen LogP contribution in [0.25, 0.3) is 5.65 Å². The molecule has 2 aromatic rings. The average Bonchev–Trinajstić information content (AvgIpc) is 3.10. The maximum Gasteiger partial charge on any atom is 0.242 e. The molecule has 21 heavy (non-hydrogen) atoms. The number of carbonyl (C=O) groups is 1. The molecule has 2 aromatic heterocycles. The standard InChI is InChI=1S/C15H19N5O/c21-15(18-11-3-1-4-11)12-5-2-10-19(12)14-7-8-16-13-6-9-17-20(13)14/h6-9,11-12H,1-5,10H2,(H,18,21)/t12-/m0/s1. The lowest BCUT2D eigenvalue weighted by Crippen LogP contribution is -2.49. The molecule has 0 bridgehead atoms. The van der Waals surface area contributed by atoms with Crippen LogP contribution < -0.4 is 10.2 Å². The Morgan fingerprint density at radius 3 is 2.90 bits per heavy atom. The number of aromatic nitrogens is 3. The highest BCUT2D eigenvalue weighted by Crippen LogP contribution is 2.26. The molecular weight excluding hydrogens is 266 g/mol. The van der Waals surface area contributed by atoms with Gasteiger partial charge in [0.15, 0.2) is 5.65 Å². The van der Waals surface area contributed by atoms with Crippen LogP contribution in [0.15, 0.2) is 24.5 Å². The minimum Gasteiger partial charge on any atom is -0.352 e. The molecule has 0 aromatic carbocycles. The third-order valence-electron chi connectivity index (χ3n) is 4.57. The monoisotopic (exact) mass is 285 g/mol. The van der Waals surface area contributed by atoms with E-state index in [-0.39, 0.29) is 11.9 Å². The first-order valence-corrected chi connectivity index (χ1v) is 7.69. The summed E-state index contributed by atoms with van der Waals surface area (Å²) in [5, 5.41) is 7.50. The largest absolute Gasteiger partial charge is 0.352 e. The lowest BCUT2D eigenvalue weighted by atomic mass is 9.93. The molecule has 4 rings (SSSR count). The normalized spacial score (nSPS) is 22.5. The minimum absolute atomic E-state index is 0.0830. The fourth-order valence-electron chi connectivity index (χ4n) is 3.20. The van der Waals surface area contributed by atoms with Gasteiger partial charge in [0.05, 0.1) is 6.20 Å². The van der Waals surface area contributed by atoms with Gasteiger partial charge in [0.1, 0.15) is 11.9 Å². The predicted molar refractivity (Wildman–Crippen MR) is 79.1 cm³/mol. The highest BCUT2D eigenvalue weighted by molar-refractivity contribution is 5.86. The number of hydrogen-bond donors (Lipinski definition) is 1. The van der Waals surface area contributed by atoms with Crippen molar-refractivity contribution in [3.63, 3.8) is 0 Å². The molecule has 110 valence electrons. The van der Waals surface area contributed by atoms with E-state index in [4.69, 9.17) is 0 Å². The van der Waals surface area contributed by atoms with E-state index < -0.39 is 0 Å². The van der Waals surface area contributed by atoms with Crippen molar-refractivity contribution in [3.8, 4) is 0 Å². The van der Waals surface area contributed by atoms with Gasteiger partial charge in [0, 0.05) is 24.8 Å². The Morgan fingerprint density at radius 2 is 2.10 bits per heavy atom. The highest BCUT2D eigenvalue weighted by Gasteiger charge is 2.34. The summed E-state index contributed by atoms with van der Waals surface area (Å²) in [4.78, 5) is 19.0. The Kier molecular flexibility index (Phi) is 3.02. The number of carbonyl (C=O) groups excluding carboxylic acids is 1. The molecule has 6 heteroatoms. The Balaban J connectivity index is 1.60. The van der Waals surface area contributed by atoms with Crippen LogP contribution in [0.2, 0.25) is 0 Å². The summed E-state index contributed by atoms with van der Waals surface area (Å²) in [7, 11) is 0. The molecular formula is C15H19N5O. The maximum atomic E-state index is 12.5. The van der Waals surface area contributed by atoms with E-state index in [1.165, 1.54) is 6.42 Å². The Hall–Kier alpha value is -2.11. The van der Waals surface area contributed by atoms with Crippen molar-refractivity contribution in [1.82, 2.24) is 19.9 Å². The Bertz CT molecular complexity index is 663. The average molecular weight is 285 g/mol. The summed E-state index contributed by atoms with van der Waals surface area (Å²) in [6.45, 7) is 0.891. The number of amides is 1. The van der Waals surface area contributed by atoms with Gasteiger partial charge in [0.25, 0.3) is 0 Å². The molecule has 6 nitrogen and oxygen atoms in total. The molecule has 2 fully saturated rings. The predicted octanol–water partition coefficient (Wildman–Crippen LogP) is 1.37. The molecule has 1 saturated heterocycles. The third-order valence-corrected chi connectivity index (χ3v) is 4.57. The van der Waals surface area contributed by atoms with E-state index in [9.17, 15) is 4.79 Å². The van der Waals surface area contributed by atoms with Crippen LogP contribution in [0.1, 0.15) is 32.1 Å². The first kappa shape index (κ1) is 12.6. The zero-order valence-electron chi connectivity index (χ0n) is 11.9. The molecule has 3 heterocycles. The van der Waals surface area contributed by atoms with Gasteiger partial charge in [-0.2, -0.15) is 9.61 Å². The second-order valence-electron chi connectivity index (χ2n) is 5.89. The summed E-state index contributed by atoms with van der Waals surface area (Å²) in [5.41, 5.74) is 0.817. The smallest absolute Gasteiger partial charge is 0.242 e. The summed E-state index contributed by atoms with van der Waals surface area (Å²) in [6, 6.07) is 4.13. The lowest BCUT2D eigenvalue weighted by molar-refractivity contribution is -0.123. The number of anilines is 1. The molecule has 0 radical (unpaired) electrons. The van der Waals surface area contributed by atoms with Gasteiger partial charge in [-0.25, -0.2) is 4.98 Å². The van der Waals surface area contributed by atoms with Crippen LogP contribution in [-0.2, 0) is 4.79 Å². The van der Waals surface area contributed by atoms with Crippen LogP contribution in [-0.4, -0.2) is 39.1 Å². The van der Waals surface area contributed by atoms with E-state index >= 15 is 0 Å². The van der Waals surface area contributed by atoms with Crippen LogP contribution in [0.3, 0.4) is 0 Å². The molecule has 1 aliphatic carbocycles. The molecule has 2 aliphatic rings. The van der Waals surface area contributed by atoms with Crippen LogP contribution in [0.4, 0.5) is 5.82 Å². The van der Waals surface area contributed by atoms with E-state index in [0.717, 1.165) is 43.7 Å². The number of nitrogens with one attached hydrogen (secondary N) is 1. The molecule has 1 N–H and O–H groups in total. The summed E-state index contributed by atoms with van der Waals surface area (Å²) >= 11 is 0. The molecule has 1 amide bonds. The van der Waals surface area contributed by atoms with Crippen molar-refractivity contribution in [3.05, 3.63) is 24.5 Å². The number of hydrogen-bond acceptors (Lipinski definition) is 4. The first-order valence-electron chi connectivity index (χ1n) is 7.69. The fraction of sp³-hybridized carbons (Fsp3) is 0.533. The summed E-state index contributed by atoms with van der Waals surface area (Å²) in [6.07, 6.45) is 8.94. The fourth-order valence-corrected chi connectivity index (χ4v) is 3.20. The van der Waals surface area contributed by atoms with Crippen molar-refractivity contribution in [1.29, 1.82) is 0 Å². The van der Waals surface area contributed by atoms with Gasteiger partial charge in [-0.05, 0) is 38.2 Å². The van der Waals surface area contributed by atoms with Crippen molar-refractivity contribution in [2.75, 3.05) is 11.4 Å². The van der Waals surface area contributed by atoms with Crippen LogP contribution in [0, 0.1) is 0 Å². The quantitative estimate of drug-likeness (QED) is 0.925. The summed E-state index contributed by atoms with van der Waals surface area (Å²) < 4.78 is 1.81.